The topological polar surface area (TPSA) is 119 Å². The Morgan fingerprint density at radius 3 is 2.35 bits per heavy atom. The van der Waals surface area contributed by atoms with Crippen LogP contribution in [0.5, 0.6) is 11.5 Å². The summed E-state index contributed by atoms with van der Waals surface area (Å²) in [4.78, 5) is 45.2. The maximum atomic E-state index is 13.7. The normalized spacial score (nSPS) is 11.7. The van der Waals surface area contributed by atoms with E-state index >= 15 is 0 Å². The van der Waals surface area contributed by atoms with Crippen molar-refractivity contribution in [2.45, 2.75) is 24.0 Å². The number of thiazole rings is 1. The second-order valence-corrected chi connectivity index (χ2v) is 12.9. The number of rotatable bonds is 12. The fourth-order valence-corrected chi connectivity index (χ4v) is 6.27. The van der Waals surface area contributed by atoms with Crippen LogP contribution in [0.4, 0.5) is 10.8 Å². The monoisotopic (exact) mass is 678 g/mol. The molecule has 4 aromatic carbocycles. The number of thioether (sulfide) groups is 1. The zero-order valence-corrected chi connectivity index (χ0v) is 28.4. The molecule has 0 saturated carbocycles. The minimum Gasteiger partial charge on any atom is -0.493 e. The minimum absolute atomic E-state index is 0.00494. The molecule has 0 aliphatic carbocycles. The molecule has 0 saturated heterocycles. The number of carbonyl (C=O) groups excluding carboxylic acids is 3. The van der Waals surface area contributed by atoms with Crippen LogP contribution in [-0.2, 0) is 9.59 Å². The van der Waals surface area contributed by atoms with E-state index in [0.29, 0.717) is 33.4 Å². The Hall–Kier alpha value is -5.39. The average Bonchev–Trinajstić information content (AvgIpc) is 3.56. The molecule has 1 heterocycles. The first-order chi connectivity index (χ1) is 23.2. The molecule has 3 N–H and O–H groups in total. The van der Waals surface area contributed by atoms with Gasteiger partial charge in [-0.2, -0.15) is 0 Å². The van der Waals surface area contributed by atoms with Gasteiger partial charge in [-0.25, -0.2) is 4.98 Å². The Balaban J connectivity index is 1.29. The summed E-state index contributed by atoms with van der Waals surface area (Å²) in [6.07, 6.45) is 1.53. The standard InChI is InChI=1S/C37H34N4O5S2/c1-23-16-18-25(19-17-23)31-22-47-37(40-31)41-34(42)24(2)48-29-14-9-13-28(21-29)38-36(44)30(39-35(43)26-10-6-5-7-11-26)20-27-12-8-15-32(45-3)33(27)46-4/h5-22,24H,1-4H3,(H,38,44)(H,39,43)(H,40,41,42)/b30-20+. The molecular formula is C37H34N4O5S2. The highest BCUT2D eigenvalue weighted by Gasteiger charge is 2.19. The molecule has 0 aliphatic heterocycles. The SMILES string of the molecule is COc1cccc(/C=C(/NC(=O)c2ccccc2)C(=O)Nc2cccc(SC(C)C(=O)Nc3nc(-c4ccc(C)cc4)cs3)c2)c1OC. The van der Waals surface area contributed by atoms with E-state index in [4.69, 9.17) is 9.47 Å². The van der Waals surface area contributed by atoms with Gasteiger partial charge in [-0.15, -0.1) is 23.1 Å². The Morgan fingerprint density at radius 1 is 0.875 bits per heavy atom. The van der Waals surface area contributed by atoms with E-state index < -0.39 is 17.1 Å². The van der Waals surface area contributed by atoms with Crippen LogP contribution < -0.4 is 25.4 Å². The molecule has 0 radical (unpaired) electrons. The highest BCUT2D eigenvalue weighted by Crippen LogP contribution is 2.33. The van der Waals surface area contributed by atoms with Crippen LogP contribution in [0, 0.1) is 6.92 Å². The second-order valence-electron chi connectivity index (χ2n) is 10.6. The van der Waals surface area contributed by atoms with Crippen molar-refractivity contribution in [3.05, 3.63) is 125 Å². The van der Waals surface area contributed by atoms with Gasteiger partial charge in [0.1, 0.15) is 5.70 Å². The van der Waals surface area contributed by atoms with Gasteiger partial charge in [0.2, 0.25) is 5.91 Å². The molecule has 48 heavy (non-hydrogen) atoms. The Kier molecular flexibility index (Phi) is 11.3. The van der Waals surface area contributed by atoms with Crippen LogP contribution in [0.3, 0.4) is 0 Å². The number of methoxy groups -OCH3 is 2. The van der Waals surface area contributed by atoms with Gasteiger partial charge < -0.3 is 25.4 Å². The lowest BCUT2D eigenvalue weighted by molar-refractivity contribution is -0.115. The van der Waals surface area contributed by atoms with Gasteiger partial charge in [0.25, 0.3) is 11.8 Å². The zero-order chi connectivity index (χ0) is 34.0. The molecule has 244 valence electrons. The average molecular weight is 679 g/mol. The fraction of sp³-hybridized carbons (Fsp3) is 0.135. The highest BCUT2D eigenvalue weighted by atomic mass is 32.2. The van der Waals surface area contributed by atoms with Crippen molar-refractivity contribution in [3.8, 4) is 22.8 Å². The summed E-state index contributed by atoms with van der Waals surface area (Å²) < 4.78 is 10.9. The summed E-state index contributed by atoms with van der Waals surface area (Å²) in [5.41, 5.74) is 4.36. The maximum absolute atomic E-state index is 13.7. The van der Waals surface area contributed by atoms with Gasteiger partial charge in [0, 0.05) is 32.7 Å². The van der Waals surface area contributed by atoms with Crippen molar-refractivity contribution in [2.24, 2.45) is 0 Å². The number of aromatic nitrogens is 1. The summed E-state index contributed by atoms with van der Waals surface area (Å²) in [7, 11) is 3.02. The first-order valence-corrected chi connectivity index (χ1v) is 16.7. The molecule has 9 nitrogen and oxygen atoms in total. The van der Waals surface area contributed by atoms with Crippen LogP contribution >= 0.6 is 23.1 Å². The largest absolute Gasteiger partial charge is 0.493 e. The van der Waals surface area contributed by atoms with E-state index in [2.05, 4.69) is 20.9 Å². The number of hydrogen-bond donors (Lipinski definition) is 3. The number of ether oxygens (including phenoxy) is 2. The third kappa shape index (κ3) is 8.69. The van der Waals surface area contributed by atoms with Crippen molar-refractivity contribution in [1.29, 1.82) is 0 Å². The molecule has 1 aromatic heterocycles. The van der Waals surface area contributed by atoms with Gasteiger partial charge in [0.15, 0.2) is 16.6 Å². The summed E-state index contributed by atoms with van der Waals surface area (Å²) >= 11 is 2.71. The number of carbonyl (C=O) groups is 3. The lowest BCUT2D eigenvalue weighted by Gasteiger charge is -2.15. The number of nitrogens with one attached hydrogen (secondary N) is 3. The van der Waals surface area contributed by atoms with Crippen LogP contribution in [0.25, 0.3) is 17.3 Å². The number of nitrogens with zero attached hydrogens (tertiary/aromatic N) is 1. The van der Waals surface area contributed by atoms with Crippen molar-refractivity contribution in [1.82, 2.24) is 10.3 Å². The summed E-state index contributed by atoms with van der Waals surface area (Å²) in [5, 5.41) is 10.5. The minimum atomic E-state index is -0.551. The summed E-state index contributed by atoms with van der Waals surface area (Å²) in [6.45, 7) is 3.84. The highest BCUT2D eigenvalue weighted by molar-refractivity contribution is 8.00. The number of hydrogen-bond acceptors (Lipinski definition) is 8. The van der Waals surface area contributed by atoms with Crippen LogP contribution in [0.15, 0.2) is 113 Å². The lowest BCUT2D eigenvalue weighted by Crippen LogP contribution is -2.30. The molecule has 0 bridgehead atoms. The molecule has 3 amide bonds. The van der Waals surface area contributed by atoms with E-state index in [1.807, 2.05) is 42.6 Å². The van der Waals surface area contributed by atoms with Crippen molar-refractivity contribution in [3.63, 3.8) is 0 Å². The van der Waals surface area contributed by atoms with Crippen molar-refractivity contribution < 1.29 is 23.9 Å². The zero-order valence-electron chi connectivity index (χ0n) is 26.8. The number of aryl methyl sites for hydroxylation is 1. The number of para-hydroxylation sites is 1. The molecule has 5 rings (SSSR count). The first kappa shape index (κ1) is 34.0. The molecule has 1 unspecified atom stereocenters. The van der Waals surface area contributed by atoms with Crippen molar-refractivity contribution >= 4 is 57.7 Å². The summed E-state index contributed by atoms with van der Waals surface area (Å²) in [5.74, 6) is -0.307. The fourth-order valence-electron chi connectivity index (χ4n) is 4.62. The predicted molar refractivity (Wildman–Crippen MR) is 193 cm³/mol. The number of benzene rings is 4. The molecular weight excluding hydrogens is 645 g/mol. The van der Waals surface area contributed by atoms with E-state index in [-0.39, 0.29) is 11.6 Å². The van der Waals surface area contributed by atoms with Gasteiger partial charge in [-0.1, -0.05) is 66.2 Å². The molecule has 0 fully saturated rings. The third-order valence-electron chi connectivity index (χ3n) is 7.12. The molecule has 0 aliphatic rings. The Morgan fingerprint density at radius 2 is 1.62 bits per heavy atom. The maximum Gasteiger partial charge on any atom is 0.272 e. The van der Waals surface area contributed by atoms with Gasteiger partial charge in [-0.05, 0) is 56.3 Å². The lowest BCUT2D eigenvalue weighted by atomic mass is 10.1. The van der Waals surface area contributed by atoms with E-state index in [9.17, 15) is 14.4 Å². The quantitative estimate of drug-likeness (QED) is 0.0916. The first-order valence-electron chi connectivity index (χ1n) is 14.9. The van der Waals surface area contributed by atoms with Crippen LogP contribution in [0.1, 0.15) is 28.4 Å². The molecule has 5 aromatic rings. The number of anilines is 2. The third-order valence-corrected chi connectivity index (χ3v) is 8.97. The van der Waals surface area contributed by atoms with Crippen LogP contribution in [0.2, 0.25) is 0 Å². The molecule has 11 heteroatoms. The molecule has 0 spiro atoms. The smallest absolute Gasteiger partial charge is 0.272 e. The Labute approximate surface area is 287 Å². The van der Waals surface area contributed by atoms with Crippen LogP contribution in [-0.4, -0.2) is 42.2 Å². The Bertz CT molecular complexity index is 1940. The summed E-state index contributed by atoms with van der Waals surface area (Å²) in [6, 6.07) is 29.1. The molecule has 1 atom stereocenters. The van der Waals surface area contributed by atoms with E-state index in [1.54, 1.807) is 73.7 Å². The second kappa shape index (κ2) is 15.9. The van der Waals surface area contributed by atoms with Crippen molar-refractivity contribution in [2.75, 3.05) is 24.9 Å². The predicted octanol–water partition coefficient (Wildman–Crippen LogP) is 7.66. The van der Waals surface area contributed by atoms with Gasteiger partial charge in [-0.3, -0.25) is 14.4 Å². The van der Waals surface area contributed by atoms with Gasteiger partial charge >= 0.3 is 0 Å². The van der Waals surface area contributed by atoms with Gasteiger partial charge in [0.05, 0.1) is 25.2 Å². The van der Waals surface area contributed by atoms with E-state index in [0.717, 1.165) is 21.7 Å². The van der Waals surface area contributed by atoms with E-state index in [1.165, 1.54) is 43.4 Å². The number of amides is 3.